The lowest BCUT2D eigenvalue weighted by Crippen LogP contribution is -2.65. The SMILES string of the molecule is CCNC1CCC2(CC1N1CCOCC1(C)C)OCCO2. The average molecular weight is 298 g/mol. The maximum Gasteiger partial charge on any atom is 0.170 e. The van der Waals surface area contributed by atoms with E-state index in [4.69, 9.17) is 14.2 Å². The maximum atomic E-state index is 5.99. The summed E-state index contributed by atoms with van der Waals surface area (Å²) in [5.74, 6) is -0.328. The first-order valence-corrected chi connectivity index (χ1v) is 8.42. The van der Waals surface area contributed by atoms with Crippen LogP contribution in [0.3, 0.4) is 0 Å². The van der Waals surface area contributed by atoms with Gasteiger partial charge in [0, 0.05) is 37.0 Å². The van der Waals surface area contributed by atoms with Crippen LogP contribution in [0.25, 0.3) is 0 Å². The summed E-state index contributed by atoms with van der Waals surface area (Å²) in [6.07, 6.45) is 3.09. The van der Waals surface area contributed by atoms with Gasteiger partial charge in [0.1, 0.15) is 0 Å². The number of hydrogen-bond donors (Lipinski definition) is 1. The van der Waals surface area contributed by atoms with Gasteiger partial charge >= 0.3 is 0 Å². The predicted molar refractivity (Wildman–Crippen MR) is 81.3 cm³/mol. The number of ether oxygens (including phenoxy) is 3. The van der Waals surface area contributed by atoms with Crippen LogP contribution < -0.4 is 5.32 Å². The number of nitrogens with one attached hydrogen (secondary N) is 1. The second-order valence-electron chi connectivity index (χ2n) is 7.14. The average Bonchev–Trinajstić information content (AvgIpc) is 2.89. The van der Waals surface area contributed by atoms with Crippen molar-refractivity contribution >= 4 is 0 Å². The molecular weight excluding hydrogens is 268 g/mol. The van der Waals surface area contributed by atoms with E-state index < -0.39 is 0 Å². The highest BCUT2D eigenvalue weighted by Crippen LogP contribution is 2.40. The molecule has 21 heavy (non-hydrogen) atoms. The van der Waals surface area contributed by atoms with Gasteiger partial charge in [0.15, 0.2) is 5.79 Å². The zero-order valence-electron chi connectivity index (χ0n) is 13.7. The quantitative estimate of drug-likeness (QED) is 0.852. The topological polar surface area (TPSA) is 43.0 Å². The van der Waals surface area contributed by atoms with Crippen LogP contribution in [-0.4, -0.2) is 67.8 Å². The normalized spacial score (nSPS) is 36.1. The van der Waals surface area contributed by atoms with Crippen LogP contribution >= 0.6 is 0 Å². The fourth-order valence-corrected chi connectivity index (χ4v) is 4.20. The lowest BCUT2D eigenvalue weighted by atomic mass is 9.82. The van der Waals surface area contributed by atoms with Crippen molar-refractivity contribution in [3.8, 4) is 0 Å². The molecule has 5 heteroatoms. The number of morpholine rings is 1. The third-order valence-electron chi connectivity index (χ3n) is 5.21. The van der Waals surface area contributed by atoms with Crippen molar-refractivity contribution in [1.29, 1.82) is 0 Å². The molecule has 0 aromatic carbocycles. The lowest BCUT2D eigenvalue weighted by molar-refractivity contribution is -0.204. The first kappa shape index (κ1) is 15.7. The summed E-state index contributed by atoms with van der Waals surface area (Å²) < 4.78 is 17.7. The zero-order valence-corrected chi connectivity index (χ0v) is 13.7. The van der Waals surface area contributed by atoms with E-state index in [1.165, 1.54) is 0 Å². The van der Waals surface area contributed by atoms with Crippen molar-refractivity contribution in [2.24, 2.45) is 0 Å². The highest BCUT2D eigenvalue weighted by molar-refractivity contribution is 5.01. The Bertz CT molecular complexity index is 355. The fourth-order valence-electron chi connectivity index (χ4n) is 4.20. The molecule has 0 aromatic heterocycles. The Kier molecular flexibility index (Phi) is 4.58. The van der Waals surface area contributed by atoms with Crippen molar-refractivity contribution < 1.29 is 14.2 Å². The highest BCUT2D eigenvalue weighted by atomic mass is 16.7. The summed E-state index contributed by atoms with van der Waals surface area (Å²) in [6.45, 7) is 11.9. The monoisotopic (exact) mass is 298 g/mol. The van der Waals surface area contributed by atoms with E-state index >= 15 is 0 Å². The largest absolute Gasteiger partial charge is 0.378 e. The fraction of sp³-hybridized carbons (Fsp3) is 1.00. The molecule has 122 valence electrons. The van der Waals surface area contributed by atoms with Gasteiger partial charge < -0.3 is 19.5 Å². The van der Waals surface area contributed by atoms with Crippen molar-refractivity contribution in [1.82, 2.24) is 10.2 Å². The molecule has 3 aliphatic rings. The molecule has 1 N–H and O–H groups in total. The molecular formula is C16H30N2O3. The van der Waals surface area contributed by atoms with Gasteiger partial charge in [-0.2, -0.15) is 0 Å². The molecule has 0 bridgehead atoms. The van der Waals surface area contributed by atoms with E-state index in [0.717, 1.165) is 58.8 Å². The van der Waals surface area contributed by atoms with E-state index in [1.807, 2.05) is 0 Å². The molecule has 2 aliphatic heterocycles. The molecule has 2 unspecified atom stereocenters. The summed E-state index contributed by atoms with van der Waals surface area (Å²) in [6, 6.07) is 0.974. The maximum absolute atomic E-state index is 5.99. The van der Waals surface area contributed by atoms with E-state index in [9.17, 15) is 0 Å². The van der Waals surface area contributed by atoms with Gasteiger partial charge in [-0.25, -0.2) is 0 Å². The van der Waals surface area contributed by atoms with Gasteiger partial charge in [-0.05, 0) is 26.8 Å². The minimum Gasteiger partial charge on any atom is -0.378 e. The minimum atomic E-state index is -0.328. The first-order chi connectivity index (χ1) is 10.1. The van der Waals surface area contributed by atoms with Crippen LogP contribution in [0.2, 0.25) is 0 Å². The summed E-state index contributed by atoms with van der Waals surface area (Å²) in [5, 5.41) is 3.68. The van der Waals surface area contributed by atoms with Crippen LogP contribution in [0.5, 0.6) is 0 Å². The second-order valence-corrected chi connectivity index (χ2v) is 7.14. The van der Waals surface area contributed by atoms with E-state index in [-0.39, 0.29) is 11.3 Å². The summed E-state index contributed by atoms with van der Waals surface area (Å²) in [7, 11) is 0. The van der Waals surface area contributed by atoms with Gasteiger partial charge in [0.25, 0.3) is 0 Å². The van der Waals surface area contributed by atoms with Crippen molar-refractivity contribution in [2.75, 3.05) is 39.5 Å². The molecule has 1 spiro atoms. The molecule has 1 aliphatic carbocycles. The van der Waals surface area contributed by atoms with Gasteiger partial charge in [-0.15, -0.1) is 0 Å². The van der Waals surface area contributed by atoms with Crippen molar-refractivity contribution in [3.05, 3.63) is 0 Å². The van der Waals surface area contributed by atoms with Gasteiger partial charge in [-0.1, -0.05) is 6.92 Å². The van der Waals surface area contributed by atoms with E-state index in [1.54, 1.807) is 0 Å². The Morgan fingerprint density at radius 2 is 1.95 bits per heavy atom. The molecule has 3 fully saturated rings. The van der Waals surface area contributed by atoms with Crippen molar-refractivity contribution in [3.63, 3.8) is 0 Å². The predicted octanol–water partition coefficient (Wildman–Crippen LogP) is 1.37. The number of nitrogens with zero attached hydrogens (tertiary/aromatic N) is 1. The Hall–Kier alpha value is -0.200. The van der Waals surface area contributed by atoms with Gasteiger partial charge in [0.2, 0.25) is 0 Å². The van der Waals surface area contributed by atoms with Crippen molar-refractivity contribution in [2.45, 2.75) is 63.4 Å². The summed E-state index contributed by atoms with van der Waals surface area (Å²) in [4.78, 5) is 2.62. The van der Waals surface area contributed by atoms with E-state index in [2.05, 4.69) is 31.0 Å². The molecule has 0 radical (unpaired) electrons. The number of rotatable bonds is 3. The standard InChI is InChI=1S/C16H30N2O3/c1-4-17-13-5-6-16(20-9-10-21-16)11-14(13)18-7-8-19-12-15(18,2)3/h13-14,17H,4-12H2,1-3H3. The summed E-state index contributed by atoms with van der Waals surface area (Å²) >= 11 is 0. The number of likely N-dealkylation sites (N-methyl/N-ethyl adjacent to an activating group) is 1. The Morgan fingerprint density at radius 3 is 2.62 bits per heavy atom. The smallest absolute Gasteiger partial charge is 0.170 e. The molecule has 0 aromatic rings. The Labute approximate surface area is 128 Å². The molecule has 2 saturated heterocycles. The molecule has 0 amide bonds. The van der Waals surface area contributed by atoms with Crippen LogP contribution in [0.4, 0.5) is 0 Å². The summed E-state index contributed by atoms with van der Waals surface area (Å²) in [5.41, 5.74) is 0.0771. The van der Waals surface area contributed by atoms with Crippen LogP contribution in [0.15, 0.2) is 0 Å². The third-order valence-corrected chi connectivity index (χ3v) is 5.21. The lowest BCUT2D eigenvalue weighted by Gasteiger charge is -2.53. The number of hydrogen-bond acceptors (Lipinski definition) is 5. The first-order valence-electron chi connectivity index (χ1n) is 8.42. The van der Waals surface area contributed by atoms with Gasteiger partial charge in [0.05, 0.1) is 26.4 Å². The Balaban J connectivity index is 1.79. The Morgan fingerprint density at radius 1 is 1.19 bits per heavy atom. The molecule has 2 atom stereocenters. The molecule has 5 nitrogen and oxygen atoms in total. The molecule has 1 saturated carbocycles. The van der Waals surface area contributed by atoms with Crippen LogP contribution in [0, 0.1) is 0 Å². The van der Waals surface area contributed by atoms with Crippen LogP contribution in [0.1, 0.15) is 40.0 Å². The zero-order chi connectivity index (χ0) is 14.9. The minimum absolute atomic E-state index is 0.0771. The highest BCUT2D eigenvalue weighted by Gasteiger charge is 2.49. The third kappa shape index (κ3) is 3.13. The molecule has 3 rings (SSSR count). The van der Waals surface area contributed by atoms with Crippen LogP contribution in [-0.2, 0) is 14.2 Å². The van der Waals surface area contributed by atoms with Gasteiger partial charge in [-0.3, -0.25) is 4.90 Å². The second kappa shape index (κ2) is 6.13. The molecule has 2 heterocycles. The van der Waals surface area contributed by atoms with E-state index in [0.29, 0.717) is 12.1 Å².